The first-order chi connectivity index (χ1) is 14.5. The third-order valence-corrected chi connectivity index (χ3v) is 5.38. The van der Waals surface area contributed by atoms with Gasteiger partial charge < -0.3 is 15.1 Å². The molecule has 2 aromatic carbocycles. The number of amides is 1. The van der Waals surface area contributed by atoms with Crippen LogP contribution in [-0.4, -0.2) is 49.2 Å². The lowest BCUT2D eigenvalue weighted by atomic mass is 10.0. The molecule has 0 aromatic heterocycles. The van der Waals surface area contributed by atoms with Crippen LogP contribution < -0.4 is 15.7 Å². The van der Waals surface area contributed by atoms with Crippen molar-refractivity contribution in [1.82, 2.24) is 15.7 Å². The third-order valence-electron chi connectivity index (χ3n) is 5.38. The zero-order valence-electron chi connectivity index (χ0n) is 17.8. The van der Waals surface area contributed by atoms with Crippen LogP contribution in [0.2, 0.25) is 0 Å². The van der Waals surface area contributed by atoms with Crippen LogP contribution in [0.25, 0.3) is 6.08 Å². The van der Waals surface area contributed by atoms with E-state index in [1.807, 2.05) is 18.2 Å². The molecule has 1 heterocycles. The summed E-state index contributed by atoms with van der Waals surface area (Å²) in [6, 6.07) is 17.3. The van der Waals surface area contributed by atoms with Gasteiger partial charge in [0.1, 0.15) is 0 Å². The second kappa shape index (κ2) is 10.9. The molecule has 0 atom stereocenters. The van der Waals surface area contributed by atoms with Crippen LogP contribution in [0, 0.1) is 0 Å². The first kappa shape index (κ1) is 22.0. The molecular weight excluding hydrogens is 376 g/mol. The fraction of sp³-hybridized carbons (Fsp3) is 0.375. The quantitative estimate of drug-likeness (QED) is 0.356. The van der Waals surface area contributed by atoms with Crippen molar-refractivity contribution in [3.8, 4) is 0 Å². The van der Waals surface area contributed by atoms with Crippen molar-refractivity contribution >= 4 is 17.7 Å². The standard InChI is InChI=1S/C24H32N4O2/c1-27(2)18-20-7-5-6-19(16-20)17-25-22-12-14-28(15-13-22)23-9-4-3-8-21(23)10-11-24(29)26-30/h3-11,16,22,25,30H,12-15,17-18H2,1-2H3,(H,26,29)/b11-10+. The fourth-order valence-electron chi connectivity index (χ4n) is 3.91. The average Bonchev–Trinajstić information content (AvgIpc) is 2.76. The predicted molar refractivity (Wildman–Crippen MR) is 121 cm³/mol. The molecule has 1 saturated heterocycles. The van der Waals surface area contributed by atoms with Crippen molar-refractivity contribution in [3.05, 3.63) is 71.3 Å². The molecule has 0 unspecified atom stereocenters. The van der Waals surface area contributed by atoms with Crippen LogP contribution >= 0.6 is 0 Å². The van der Waals surface area contributed by atoms with Gasteiger partial charge in [0.05, 0.1) is 0 Å². The number of carbonyl (C=O) groups is 1. The molecule has 0 bridgehead atoms. The number of rotatable bonds is 8. The summed E-state index contributed by atoms with van der Waals surface area (Å²) >= 11 is 0. The number of anilines is 1. The minimum absolute atomic E-state index is 0.502. The van der Waals surface area contributed by atoms with E-state index in [-0.39, 0.29) is 0 Å². The Hall–Kier alpha value is -2.67. The van der Waals surface area contributed by atoms with Gasteiger partial charge in [0.2, 0.25) is 0 Å². The lowest BCUT2D eigenvalue weighted by Gasteiger charge is -2.35. The summed E-state index contributed by atoms with van der Waals surface area (Å²) in [5.74, 6) is -0.526. The zero-order valence-corrected chi connectivity index (χ0v) is 17.8. The van der Waals surface area contributed by atoms with Gasteiger partial charge in [-0.05, 0) is 55.8 Å². The number of benzene rings is 2. The number of hydrogen-bond acceptors (Lipinski definition) is 5. The van der Waals surface area contributed by atoms with Gasteiger partial charge in [-0.2, -0.15) is 0 Å². The third kappa shape index (κ3) is 6.42. The molecule has 30 heavy (non-hydrogen) atoms. The molecule has 0 aliphatic carbocycles. The molecule has 0 saturated carbocycles. The highest BCUT2D eigenvalue weighted by Crippen LogP contribution is 2.25. The highest BCUT2D eigenvalue weighted by atomic mass is 16.5. The van der Waals surface area contributed by atoms with E-state index in [2.05, 4.69) is 59.5 Å². The highest BCUT2D eigenvalue weighted by Gasteiger charge is 2.20. The number of hydrogen-bond donors (Lipinski definition) is 3. The van der Waals surface area contributed by atoms with Gasteiger partial charge in [-0.25, -0.2) is 5.48 Å². The largest absolute Gasteiger partial charge is 0.371 e. The van der Waals surface area contributed by atoms with E-state index >= 15 is 0 Å². The summed E-state index contributed by atoms with van der Waals surface area (Å²) in [6.07, 6.45) is 5.24. The minimum Gasteiger partial charge on any atom is -0.371 e. The minimum atomic E-state index is -0.526. The van der Waals surface area contributed by atoms with E-state index < -0.39 is 5.91 Å². The maximum atomic E-state index is 11.3. The SMILES string of the molecule is CN(C)Cc1cccc(CNC2CCN(c3ccccc3/C=C/C(=O)NO)CC2)c1. The van der Waals surface area contributed by atoms with E-state index in [0.29, 0.717) is 6.04 Å². The predicted octanol–water partition coefficient (Wildman–Crippen LogP) is 3.03. The lowest BCUT2D eigenvalue weighted by Crippen LogP contribution is -2.42. The first-order valence-electron chi connectivity index (χ1n) is 10.5. The second-order valence-corrected chi connectivity index (χ2v) is 8.07. The smallest absolute Gasteiger partial charge is 0.267 e. The van der Waals surface area contributed by atoms with Gasteiger partial charge in [-0.3, -0.25) is 10.0 Å². The topological polar surface area (TPSA) is 67.8 Å². The normalized spacial score (nSPS) is 15.1. The molecule has 0 spiro atoms. The lowest BCUT2D eigenvalue weighted by molar-refractivity contribution is -0.124. The van der Waals surface area contributed by atoms with Crippen molar-refractivity contribution in [2.45, 2.75) is 32.0 Å². The number of hydroxylamine groups is 1. The summed E-state index contributed by atoms with van der Waals surface area (Å²) in [6.45, 7) is 3.78. The number of nitrogens with one attached hydrogen (secondary N) is 2. The van der Waals surface area contributed by atoms with Gasteiger partial charge >= 0.3 is 0 Å². The molecule has 1 amide bonds. The number of piperidine rings is 1. The Bertz CT molecular complexity index is 858. The average molecular weight is 409 g/mol. The Labute approximate surface area is 179 Å². The number of para-hydroxylation sites is 1. The second-order valence-electron chi connectivity index (χ2n) is 8.07. The van der Waals surface area contributed by atoms with Crippen molar-refractivity contribution in [3.63, 3.8) is 0 Å². The van der Waals surface area contributed by atoms with E-state index in [0.717, 1.165) is 50.3 Å². The first-order valence-corrected chi connectivity index (χ1v) is 10.5. The number of carbonyl (C=O) groups excluding carboxylic acids is 1. The summed E-state index contributed by atoms with van der Waals surface area (Å²) in [5, 5.41) is 12.4. The Morgan fingerprint density at radius 2 is 1.87 bits per heavy atom. The highest BCUT2D eigenvalue weighted by molar-refractivity contribution is 5.91. The van der Waals surface area contributed by atoms with Gasteiger partial charge in [0.15, 0.2) is 0 Å². The van der Waals surface area contributed by atoms with Crippen LogP contribution in [0.4, 0.5) is 5.69 Å². The fourth-order valence-corrected chi connectivity index (χ4v) is 3.91. The molecular formula is C24H32N4O2. The molecule has 2 aromatic rings. The van der Waals surface area contributed by atoms with E-state index in [4.69, 9.17) is 5.21 Å². The summed E-state index contributed by atoms with van der Waals surface area (Å²) in [7, 11) is 4.18. The molecule has 3 N–H and O–H groups in total. The van der Waals surface area contributed by atoms with Gasteiger partial charge in [0, 0.05) is 44.0 Å². The zero-order chi connectivity index (χ0) is 21.3. The maximum Gasteiger partial charge on any atom is 0.267 e. The van der Waals surface area contributed by atoms with Crippen LogP contribution in [0.5, 0.6) is 0 Å². The van der Waals surface area contributed by atoms with E-state index in [1.165, 1.54) is 17.2 Å². The van der Waals surface area contributed by atoms with Crippen molar-refractivity contribution in [1.29, 1.82) is 0 Å². The Morgan fingerprint density at radius 1 is 1.13 bits per heavy atom. The Balaban J connectivity index is 1.53. The molecule has 6 nitrogen and oxygen atoms in total. The van der Waals surface area contributed by atoms with Crippen molar-refractivity contribution in [2.24, 2.45) is 0 Å². The van der Waals surface area contributed by atoms with E-state index in [9.17, 15) is 4.79 Å². The molecule has 0 radical (unpaired) electrons. The summed E-state index contributed by atoms with van der Waals surface area (Å²) in [5.41, 5.74) is 6.40. The number of nitrogens with zero attached hydrogens (tertiary/aromatic N) is 2. The van der Waals surface area contributed by atoms with Gasteiger partial charge in [-0.15, -0.1) is 0 Å². The van der Waals surface area contributed by atoms with Gasteiger partial charge in [0.25, 0.3) is 5.91 Å². The monoisotopic (exact) mass is 408 g/mol. The molecule has 3 rings (SSSR count). The van der Waals surface area contributed by atoms with Crippen LogP contribution in [0.1, 0.15) is 29.5 Å². The van der Waals surface area contributed by atoms with Crippen LogP contribution in [-0.2, 0) is 17.9 Å². The molecule has 160 valence electrons. The van der Waals surface area contributed by atoms with E-state index in [1.54, 1.807) is 11.6 Å². The van der Waals surface area contributed by atoms with Gasteiger partial charge in [-0.1, -0.05) is 42.5 Å². The van der Waals surface area contributed by atoms with Crippen LogP contribution in [0.15, 0.2) is 54.6 Å². The Kier molecular flexibility index (Phi) is 8.02. The molecule has 1 aliphatic rings. The van der Waals surface area contributed by atoms with Crippen molar-refractivity contribution < 1.29 is 10.0 Å². The summed E-state index contributed by atoms with van der Waals surface area (Å²) < 4.78 is 0. The van der Waals surface area contributed by atoms with Crippen LogP contribution in [0.3, 0.4) is 0 Å². The summed E-state index contributed by atoms with van der Waals surface area (Å²) in [4.78, 5) is 15.9. The molecule has 1 fully saturated rings. The molecule has 6 heteroatoms. The Morgan fingerprint density at radius 3 is 2.60 bits per heavy atom. The van der Waals surface area contributed by atoms with Crippen molar-refractivity contribution in [2.75, 3.05) is 32.1 Å². The molecule has 1 aliphatic heterocycles. The maximum absolute atomic E-state index is 11.3.